The van der Waals surface area contributed by atoms with Crippen LogP contribution in [0.25, 0.3) is 0 Å². The molecular formula is C12H20ClN5O2. The van der Waals surface area contributed by atoms with E-state index in [1.54, 1.807) is 19.4 Å². The van der Waals surface area contributed by atoms with E-state index in [2.05, 4.69) is 21.0 Å². The molecule has 1 saturated heterocycles. The lowest BCUT2D eigenvalue weighted by Crippen LogP contribution is -2.37. The van der Waals surface area contributed by atoms with Crippen molar-refractivity contribution in [2.45, 2.75) is 19.4 Å². The van der Waals surface area contributed by atoms with Gasteiger partial charge in [-0.25, -0.2) is 0 Å². The molecule has 0 spiro atoms. The summed E-state index contributed by atoms with van der Waals surface area (Å²) in [6, 6.07) is 0. The first-order chi connectivity index (χ1) is 9.19. The van der Waals surface area contributed by atoms with Crippen molar-refractivity contribution in [1.82, 2.24) is 20.4 Å². The quantitative estimate of drug-likeness (QED) is 0.730. The second-order valence-electron chi connectivity index (χ2n) is 4.63. The molecule has 0 aliphatic carbocycles. The third-order valence-corrected chi connectivity index (χ3v) is 3.15. The van der Waals surface area contributed by atoms with Crippen molar-refractivity contribution >= 4 is 29.9 Å². The van der Waals surface area contributed by atoms with Crippen molar-refractivity contribution in [2.24, 2.45) is 5.92 Å². The van der Waals surface area contributed by atoms with Gasteiger partial charge >= 0.3 is 0 Å². The predicted octanol–water partition coefficient (Wildman–Crippen LogP) is -0.0110. The first kappa shape index (κ1) is 16.5. The Kier molecular flexibility index (Phi) is 6.47. The number of amides is 2. The van der Waals surface area contributed by atoms with Crippen LogP contribution in [0.3, 0.4) is 0 Å². The summed E-state index contributed by atoms with van der Waals surface area (Å²) in [6.07, 6.45) is 5.14. The summed E-state index contributed by atoms with van der Waals surface area (Å²) in [5.74, 6) is -0.111. The van der Waals surface area contributed by atoms with Crippen LogP contribution < -0.4 is 16.0 Å². The van der Waals surface area contributed by atoms with E-state index >= 15 is 0 Å². The number of piperidine rings is 1. The van der Waals surface area contributed by atoms with E-state index < -0.39 is 0 Å². The van der Waals surface area contributed by atoms with Crippen molar-refractivity contribution < 1.29 is 9.59 Å². The summed E-state index contributed by atoms with van der Waals surface area (Å²) in [4.78, 5) is 23.2. The number of rotatable bonds is 4. The zero-order chi connectivity index (χ0) is 13.7. The third-order valence-electron chi connectivity index (χ3n) is 3.15. The lowest BCUT2D eigenvalue weighted by atomic mass is 9.99. The molecule has 0 radical (unpaired) electrons. The Morgan fingerprint density at radius 2 is 2.35 bits per heavy atom. The molecule has 3 N–H and O–H groups in total. The lowest BCUT2D eigenvalue weighted by molar-refractivity contribution is -0.121. The first-order valence-corrected chi connectivity index (χ1v) is 6.43. The lowest BCUT2D eigenvalue weighted by Gasteiger charge is -2.21. The van der Waals surface area contributed by atoms with Crippen molar-refractivity contribution in [2.75, 3.05) is 25.5 Å². The normalized spacial score (nSPS) is 17.9. The Bertz CT molecular complexity index is 456. The zero-order valence-corrected chi connectivity index (χ0v) is 12.2. The molecule has 2 rings (SSSR count). The molecule has 1 aromatic rings. The zero-order valence-electron chi connectivity index (χ0n) is 11.4. The van der Waals surface area contributed by atoms with Crippen LogP contribution in [-0.4, -0.2) is 41.7 Å². The summed E-state index contributed by atoms with van der Waals surface area (Å²) >= 11 is 0. The Labute approximate surface area is 123 Å². The molecule has 2 heterocycles. The Hall–Kier alpha value is -1.60. The van der Waals surface area contributed by atoms with E-state index in [9.17, 15) is 9.59 Å². The summed E-state index contributed by atoms with van der Waals surface area (Å²) in [6.45, 7) is 1.85. The Morgan fingerprint density at radius 3 is 3.00 bits per heavy atom. The Morgan fingerprint density at radius 1 is 1.55 bits per heavy atom. The van der Waals surface area contributed by atoms with Crippen molar-refractivity contribution in [3.63, 3.8) is 0 Å². The van der Waals surface area contributed by atoms with Gasteiger partial charge in [0.25, 0.3) is 0 Å². The summed E-state index contributed by atoms with van der Waals surface area (Å²) in [5.41, 5.74) is 0.625. The number of nitrogens with one attached hydrogen (secondary N) is 3. The summed E-state index contributed by atoms with van der Waals surface area (Å²) in [5, 5.41) is 12.6. The highest BCUT2D eigenvalue weighted by Gasteiger charge is 2.21. The number of nitrogens with zero attached hydrogens (tertiary/aromatic N) is 2. The maximum Gasteiger partial charge on any atom is 0.241 e. The van der Waals surface area contributed by atoms with Crippen LogP contribution >= 0.6 is 12.4 Å². The van der Waals surface area contributed by atoms with E-state index in [0.717, 1.165) is 25.9 Å². The fourth-order valence-corrected chi connectivity index (χ4v) is 2.06. The van der Waals surface area contributed by atoms with Crippen LogP contribution in [0.2, 0.25) is 0 Å². The van der Waals surface area contributed by atoms with Gasteiger partial charge in [-0.15, -0.1) is 12.4 Å². The van der Waals surface area contributed by atoms with E-state index in [-0.39, 0.29) is 36.7 Å². The van der Waals surface area contributed by atoms with Gasteiger partial charge in [-0.3, -0.25) is 14.3 Å². The number of hydrogen-bond donors (Lipinski definition) is 3. The van der Waals surface area contributed by atoms with Gasteiger partial charge < -0.3 is 16.0 Å². The minimum atomic E-state index is -0.127. The van der Waals surface area contributed by atoms with Crippen LogP contribution in [0.15, 0.2) is 12.4 Å². The number of likely N-dealkylation sites (N-methyl/N-ethyl adjacent to an activating group) is 1. The highest BCUT2D eigenvalue weighted by molar-refractivity contribution is 5.92. The fraction of sp³-hybridized carbons (Fsp3) is 0.583. The van der Waals surface area contributed by atoms with Crippen molar-refractivity contribution in [1.29, 1.82) is 0 Å². The van der Waals surface area contributed by atoms with E-state index in [1.165, 1.54) is 4.68 Å². The molecule has 1 fully saturated rings. The first-order valence-electron chi connectivity index (χ1n) is 6.43. The minimum absolute atomic E-state index is 0. The van der Waals surface area contributed by atoms with Gasteiger partial charge in [0, 0.05) is 19.8 Å². The Balaban J connectivity index is 0.00000200. The number of halogens is 1. The maximum absolute atomic E-state index is 12.0. The van der Waals surface area contributed by atoms with Gasteiger partial charge in [-0.05, 0) is 19.4 Å². The largest absolute Gasteiger partial charge is 0.358 e. The van der Waals surface area contributed by atoms with Crippen LogP contribution in [0.4, 0.5) is 5.69 Å². The number of aromatic nitrogens is 2. The topological polar surface area (TPSA) is 88.0 Å². The number of anilines is 1. The van der Waals surface area contributed by atoms with E-state index in [4.69, 9.17) is 0 Å². The molecule has 1 aromatic heterocycles. The molecule has 1 aliphatic rings. The molecule has 2 amide bonds. The smallest absolute Gasteiger partial charge is 0.241 e. The molecule has 0 saturated carbocycles. The SMILES string of the molecule is CNC(=O)Cn1cc(NC(=O)[C@@H]2CCCNC2)cn1.Cl. The van der Waals surface area contributed by atoms with Crippen LogP contribution in [0, 0.1) is 5.92 Å². The van der Waals surface area contributed by atoms with Crippen molar-refractivity contribution in [3.8, 4) is 0 Å². The second-order valence-corrected chi connectivity index (χ2v) is 4.63. The molecule has 8 heteroatoms. The highest BCUT2D eigenvalue weighted by Crippen LogP contribution is 2.13. The molecule has 0 unspecified atom stereocenters. The molecule has 7 nitrogen and oxygen atoms in total. The molecule has 1 atom stereocenters. The standard InChI is InChI=1S/C12H19N5O2.ClH/c1-13-11(18)8-17-7-10(6-15-17)16-12(19)9-3-2-4-14-5-9;/h6-7,9,14H,2-5,8H2,1H3,(H,13,18)(H,16,19);1H/t9-;/m1./s1. The van der Waals surface area contributed by atoms with E-state index in [1.807, 2.05) is 0 Å². The molecule has 112 valence electrons. The third kappa shape index (κ3) is 4.50. The molecule has 0 bridgehead atoms. The molecular weight excluding hydrogens is 282 g/mol. The number of hydrogen-bond acceptors (Lipinski definition) is 4. The fourth-order valence-electron chi connectivity index (χ4n) is 2.06. The van der Waals surface area contributed by atoms with Crippen LogP contribution in [-0.2, 0) is 16.1 Å². The average molecular weight is 302 g/mol. The van der Waals surface area contributed by atoms with Gasteiger partial charge in [0.05, 0.1) is 17.8 Å². The average Bonchev–Trinajstić information content (AvgIpc) is 2.86. The second kappa shape index (κ2) is 7.86. The number of carbonyl (C=O) groups excluding carboxylic acids is 2. The molecule has 0 aromatic carbocycles. The maximum atomic E-state index is 12.0. The monoisotopic (exact) mass is 301 g/mol. The molecule has 1 aliphatic heterocycles. The molecule has 20 heavy (non-hydrogen) atoms. The van der Waals surface area contributed by atoms with Crippen LogP contribution in [0.5, 0.6) is 0 Å². The predicted molar refractivity (Wildman–Crippen MR) is 77.8 cm³/mol. The van der Waals surface area contributed by atoms with Gasteiger partial charge in [0.2, 0.25) is 11.8 Å². The minimum Gasteiger partial charge on any atom is -0.358 e. The summed E-state index contributed by atoms with van der Waals surface area (Å²) < 4.78 is 1.49. The van der Waals surface area contributed by atoms with Crippen molar-refractivity contribution in [3.05, 3.63) is 12.4 Å². The van der Waals surface area contributed by atoms with Gasteiger partial charge in [0.1, 0.15) is 6.54 Å². The highest BCUT2D eigenvalue weighted by atomic mass is 35.5. The van der Waals surface area contributed by atoms with E-state index in [0.29, 0.717) is 5.69 Å². The van der Waals surface area contributed by atoms with Gasteiger partial charge in [-0.2, -0.15) is 5.10 Å². The van der Waals surface area contributed by atoms with Gasteiger partial charge in [0.15, 0.2) is 0 Å². The number of carbonyl (C=O) groups is 2. The van der Waals surface area contributed by atoms with Crippen LogP contribution in [0.1, 0.15) is 12.8 Å². The summed E-state index contributed by atoms with van der Waals surface area (Å²) in [7, 11) is 1.57. The van der Waals surface area contributed by atoms with Gasteiger partial charge in [-0.1, -0.05) is 0 Å².